The van der Waals surface area contributed by atoms with E-state index in [9.17, 15) is 13.2 Å². The van der Waals surface area contributed by atoms with Crippen LogP contribution in [0.25, 0.3) is 0 Å². The fourth-order valence-electron chi connectivity index (χ4n) is 1.59. The lowest BCUT2D eigenvalue weighted by Crippen LogP contribution is -2.14. The van der Waals surface area contributed by atoms with Crippen LogP contribution in [-0.4, -0.2) is 14.3 Å². The van der Waals surface area contributed by atoms with E-state index in [1.165, 1.54) is 42.5 Å². The molecule has 2 rings (SSSR count). The van der Waals surface area contributed by atoms with Gasteiger partial charge in [-0.05, 0) is 58.4 Å². The average molecular weight is 370 g/mol. The van der Waals surface area contributed by atoms with Gasteiger partial charge in [0.15, 0.2) is 0 Å². The standard InChI is InChI=1S/C13H12BrN3O3S/c14-11-7-10(5-6-12(11)15)21(19,20)17-9-3-1-8(2-4-9)13(16)18/h1-7,17H,15H2,(H2,16,18). The Morgan fingerprint density at radius 3 is 2.24 bits per heavy atom. The Kier molecular flexibility index (Phi) is 4.19. The maximum Gasteiger partial charge on any atom is 0.261 e. The second kappa shape index (κ2) is 5.74. The number of nitrogens with two attached hydrogens (primary N) is 2. The first kappa shape index (κ1) is 15.3. The molecule has 1 amide bonds. The summed E-state index contributed by atoms with van der Waals surface area (Å²) >= 11 is 3.18. The molecule has 21 heavy (non-hydrogen) atoms. The third-order valence-corrected chi connectivity index (χ3v) is 4.77. The molecule has 0 radical (unpaired) electrons. The highest BCUT2D eigenvalue weighted by atomic mass is 79.9. The zero-order valence-electron chi connectivity index (χ0n) is 10.7. The summed E-state index contributed by atoms with van der Waals surface area (Å²) in [4.78, 5) is 11.0. The van der Waals surface area contributed by atoms with E-state index in [-0.39, 0.29) is 4.90 Å². The van der Waals surface area contributed by atoms with E-state index in [4.69, 9.17) is 11.5 Å². The van der Waals surface area contributed by atoms with Crippen LogP contribution in [0.15, 0.2) is 51.8 Å². The van der Waals surface area contributed by atoms with Gasteiger partial charge in [0.25, 0.3) is 10.0 Å². The number of primary amides is 1. The van der Waals surface area contributed by atoms with Gasteiger partial charge in [-0.3, -0.25) is 9.52 Å². The number of rotatable bonds is 4. The van der Waals surface area contributed by atoms with Crippen LogP contribution >= 0.6 is 15.9 Å². The molecule has 0 saturated carbocycles. The van der Waals surface area contributed by atoms with Gasteiger partial charge in [0, 0.05) is 21.4 Å². The first-order valence-electron chi connectivity index (χ1n) is 5.77. The predicted molar refractivity (Wildman–Crippen MR) is 84.3 cm³/mol. The minimum absolute atomic E-state index is 0.0718. The summed E-state index contributed by atoms with van der Waals surface area (Å²) in [5, 5.41) is 0. The molecule has 0 atom stereocenters. The summed E-state index contributed by atoms with van der Waals surface area (Å²) in [6.45, 7) is 0. The van der Waals surface area contributed by atoms with Crippen molar-refractivity contribution in [3.05, 3.63) is 52.5 Å². The van der Waals surface area contributed by atoms with Crippen molar-refractivity contribution in [2.24, 2.45) is 5.73 Å². The molecule has 0 fully saturated rings. The monoisotopic (exact) mass is 369 g/mol. The lowest BCUT2D eigenvalue weighted by Gasteiger charge is -2.09. The smallest absolute Gasteiger partial charge is 0.261 e. The van der Waals surface area contributed by atoms with E-state index in [0.717, 1.165) is 0 Å². The van der Waals surface area contributed by atoms with Gasteiger partial charge in [-0.1, -0.05) is 0 Å². The lowest BCUT2D eigenvalue weighted by atomic mass is 10.2. The van der Waals surface area contributed by atoms with Gasteiger partial charge in [0.1, 0.15) is 0 Å². The molecule has 6 nitrogen and oxygen atoms in total. The van der Waals surface area contributed by atoms with Crippen LogP contribution < -0.4 is 16.2 Å². The molecule has 5 N–H and O–H groups in total. The van der Waals surface area contributed by atoms with Crippen LogP contribution in [0.1, 0.15) is 10.4 Å². The van der Waals surface area contributed by atoms with Crippen molar-refractivity contribution in [3.8, 4) is 0 Å². The summed E-state index contributed by atoms with van der Waals surface area (Å²) in [5.41, 5.74) is 11.8. The van der Waals surface area contributed by atoms with Gasteiger partial charge in [0.05, 0.1) is 4.90 Å². The molecule has 0 aliphatic rings. The molecule has 0 unspecified atom stereocenters. The van der Waals surface area contributed by atoms with Gasteiger partial charge in [-0.15, -0.1) is 0 Å². The van der Waals surface area contributed by atoms with E-state index in [2.05, 4.69) is 20.7 Å². The Balaban J connectivity index is 2.28. The highest BCUT2D eigenvalue weighted by Crippen LogP contribution is 2.24. The van der Waals surface area contributed by atoms with Crippen molar-refractivity contribution < 1.29 is 13.2 Å². The molecule has 2 aromatic carbocycles. The number of nitrogens with one attached hydrogen (secondary N) is 1. The van der Waals surface area contributed by atoms with Crippen LogP contribution in [0.4, 0.5) is 11.4 Å². The van der Waals surface area contributed by atoms with Crippen LogP contribution in [0.5, 0.6) is 0 Å². The minimum atomic E-state index is -3.74. The number of halogens is 1. The molecule has 0 aliphatic carbocycles. The largest absolute Gasteiger partial charge is 0.398 e. The van der Waals surface area contributed by atoms with Crippen molar-refractivity contribution in [2.45, 2.75) is 4.90 Å². The quantitative estimate of drug-likeness (QED) is 0.713. The third-order valence-electron chi connectivity index (χ3n) is 2.70. The van der Waals surface area contributed by atoms with Gasteiger partial charge < -0.3 is 11.5 Å². The molecule has 0 bridgehead atoms. The van der Waals surface area contributed by atoms with Crippen molar-refractivity contribution in [1.82, 2.24) is 0 Å². The van der Waals surface area contributed by atoms with Crippen molar-refractivity contribution in [2.75, 3.05) is 10.5 Å². The topological polar surface area (TPSA) is 115 Å². The summed E-state index contributed by atoms with van der Waals surface area (Å²) in [5.74, 6) is -0.577. The number of nitrogen functional groups attached to an aromatic ring is 1. The summed E-state index contributed by atoms with van der Waals surface area (Å²) in [6, 6.07) is 10.1. The number of hydrogen-bond acceptors (Lipinski definition) is 4. The highest BCUT2D eigenvalue weighted by molar-refractivity contribution is 9.10. The first-order chi connectivity index (χ1) is 9.79. The number of carbonyl (C=O) groups excluding carboxylic acids is 1. The molecule has 8 heteroatoms. The Morgan fingerprint density at radius 1 is 1.10 bits per heavy atom. The van der Waals surface area contributed by atoms with Gasteiger partial charge >= 0.3 is 0 Å². The van der Waals surface area contributed by atoms with Crippen molar-refractivity contribution >= 4 is 43.2 Å². The molecule has 0 heterocycles. The molecule has 0 aromatic heterocycles. The van der Waals surface area contributed by atoms with E-state index in [1.807, 2.05) is 0 Å². The van der Waals surface area contributed by atoms with E-state index >= 15 is 0 Å². The number of benzene rings is 2. The second-order valence-corrected chi connectivity index (χ2v) is 6.77. The van der Waals surface area contributed by atoms with Crippen LogP contribution in [-0.2, 0) is 10.0 Å². The minimum Gasteiger partial charge on any atom is -0.398 e. The zero-order chi connectivity index (χ0) is 15.6. The van der Waals surface area contributed by atoms with Crippen molar-refractivity contribution in [3.63, 3.8) is 0 Å². The van der Waals surface area contributed by atoms with Crippen LogP contribution in [0.3, 0.4) is 0 Å². The number of amides is 1. The molecular weight excluding hydrogens is 358 g/mol. The maximum absolute atomic E-state index is 12.2. The normalized spacial score (nSPS) is 11.1. The van der Waals surface area contributed by atoms with E-state index in [1.54, 1.807) is 0 Å². The summed E-state index contributed by atoms with van der Waals surface area (Å²) in [7, 11) is -3.74. The van der Waals surface area contributed by atoms with Crippen LogP contribution in [0, 0.1) is 0 Å². The molecule has 0 aliphatic heterocycles. The molecule has 0 saturated heterocycles. The number of carbonyl (C=O) groups is 1. The maximum atomic E-state index is 12.2. The Bertz CT molecular complexity index is 789. The zero-order valence-corrected chi connectivity index (χ0v) is 13.1. The highest BCUT2D eigenvalue weighted by Gasteiger charge is 2.15. The Morgan fingerprint density at radius 2 is 1.71 bits per heavy atom. The Hall–Kier alpha value is -2.06. The second-order valence-electron chi connectivity index (χ2n) is 4.23. The Labute approximate surface area is 130 Å². The number of hydrogen-bond donors (Lipinski definition) is 3. The van der Waals surface area contributed by atoms with E-state index in [0.29, 0.717) is 21.4 Å². The van der Waals surface area contributed by atoms with Gasteiger partial charge in [0.2, 0.25) is 5.91 Å². The number of sulfonamides is 1. The summed E-state index contributed by atoms with van der Waals surface area (Å²) < 4.78 is 27.3. The number of anilines is 2. The van der Waals surface area contributed by atoms with E-state index < -0.39 is 15.9 Å². The molecule has 0 spiro atoms. The summed E-state index contributed by atoms with van der Waals surface area (Å²) in [6.07, 6.45) is 0. The first-order valence-corrected chi connectivity index (χ1v) is 8.05. The SMILES string of the molecule is NC(=O)c1ccc(NS(=O)(=O)c2ccc(N)c(Br)c2)cc1. The molecular formula is C13H12BrN3O3S. The van der Waals surface area contributed by atoms with Gasteiger partial charge in [-0.25, -0.2) is 8.42 Å². The van der Waals surface area contributed by atoms with Crippen LogP contribution in [0.2, 0.25) is 0 Å². The fraction of sp³-hybridized carbons (Fsp3) is 0. The van der Waals surface area contributed by atoms with Crippen molar-refractivity contribution in [1.29, 1.82) is 0 Å². The molecule has 110 valence electrons. The fourth-order valence-corrected chi connectivity index (χ4v) is 3.21. The average Bonchev–Trinajstić information content (AvgIpc) is 2.42. The molecule has 2 aromatic rings. The third kappa shape index (κ3) is 3.53. The lowest BCUT2D eigenvalue weighted by molar-refractivity contribution is 0.100. The predicted octanol–water partition coefficient (Wildman–Crippen LogP) is 1.93. The van der Waals surface area contributed by atoms with Gasteiger partial charge in [-0.2, -0.15) is 0 Å².